The minimum absolute atomic E-state index is 0.0394. The van der Waals surface area contributed by atoms with Gasteiger partial charge in [0.1, 0.15) is 0 Å². The maximum absolute atomic E-state index is 12.3. The first-order valence-corrected chi connectivity index (χ1v) is 7.77. The van der Waals surface area contributed by atoms with Gasteiger partial charge in [-0.2, -0.15) is 5.10 Å². The molecule has 9 heteroatoms. The largest absolute Gasteiger partial charge is 0.493 e. The lowest BCUT2D eigenvalue weighted by molar-refractivity contribution is 0.101. The number of carbonyl (C=O) groups excluding carboxylic acids is 1. The van der Waals surface area contributed by atoms with Crippen molar-refractivity contribution in [2.24, 2.45) is 7.05 Å². The third kappa shape index (κ3) is 2.69. The van der Waals surface area contributed by atoms with Crippen molar-refractivity contribution in [1.29, 1.82) is 0 Å². The summed E-state index contributed by atoms with van der Waals surface area (Å²) in [5.41, 5.74) is 1.62. The Morgan fingerprint density at radius 3 is 2.85 bits per heavy atom. The van der Waals surface area contributed by atoms with Gasteiger partial charge >= 0.3 is 6.01 Å². The predicted octanol–water partition coefficient (Wildman–Crippen LogP) is 2.79. The zero-order valence-electron chi connectivity index (χ0n) is 14.3. The number of fused-ring (bicyclic) bond motifs is 1. The molecule has 9 nitrogen and oxygen atoms in total. The number of para-hydroxylation sites is 1. The number of methoxy groups -OCH3 is 1. The second-order valence-corrected chi connectivity index (χ2v) is 5.69. The van der Waals surface area contributed by atoms with E-state index >= 15 is 0 Å². The van der Waals surface area contributed by atoms with E-state index in [1.807, 2.05) is 12.1 Å². The van der Waals surface area contributed by atoms with Crippen molar-refractivity contribution in [2.45, 2.75) is 6.92 Å². The van der Waals surface area contributed by atoms with Gasteiger partial charge in [-0.1, -0.05) is 17.2 Å². The van der Waals surface area contributed by atoms with Crippen molar-refractivity contribution in [3.8, 4) is 17.4 Å². The molecule has 4 aromatic rings. The summed E-state index contributed by atoms with van der Waals surface area (Å²) in [7, 11) is 3.31. The lowest BCUT2D eigenvalue weighted by atomic mass is 10.2. The van der Waals surface area contributed by atoms with Gasteiger partial charge in [0, 0.05) is 24.2 Å². The summed E-state index contributed by atoms with van der Waals surface area (Å²) in [6.45, 7) is 1.79. The molecule has 0 aliphatic heterocycles. The molecule has 0 unspecified atom stereocenters. The summed E-state index contributed by atoms with van der Waals surface area (Å²) < 4.78 is 18.1. The van der Waals surface area contributed by atoms with Gasteiger partial charge < -0.3 is 13.6 Å². The van der Waals surface area contributed by atoms with Gasteiger partial charge in [0.05, 0.1) is 7.11 Å². The van der Waals surface area contributed by atoms with E-state index < -0.39 is 5.91 Å². The molecule has 3 aromatic heterocycles. The Labute approximate surface area is 147 Å². The molecular weight excluding hydrogens is 338 g/mol. The van der Waals surface area contributed by atoms with Crippen molar-refractivity contribution in [3.05, 3.63) is 41.7 Å². The smallest absolute Gasteiger partial charge is 0.322 e. The molecule has 0 radical (unpaired) electrons. The molecule has 0 saturated carbocycles. The highest BCUT2D eigenvalue weighted by atomic mass is 16.5. The van der Waals surface area contributed by atoms with Crippen LogP contribution in [0.5, 0.6) is 5.75 Å². The van der Waals surface area contributed by atoms with E-state index in [4.69, 9.17) is 13.6 Å². The number of nitrogens with one attached hydrogen (secondary N) is 1. The Bertz CT molecular complexity index is 1110. The number of benzene rings is 1. The fourth-order valence-electron chi connectivity index (χ4n) is 2.66. The number of aromatic nitrogens is 4. The highest BCUT2D eigenvalue weighted by molar-refractivity contribution is 6.02. The van der Waals surface area contributed by atoms with Crippen molar-refractivity contribution >= 4 is 22.9 Å². The zero-order chi connectivity index (χ0) is 18.3. The number of hydrogen-bond donors (Lipinski definition) is 1. The van der Waals surface area contributed by atoms with Gasteiger partial charge in [0.15, 0.2) is 22.8 Å². The van der Waals surface area contributed by atoms with Crippen LogP contribution in [0.15, 0.2) is 39.3 Å². The maximum atomic E-state index is 12.3. The van der Waals surface area contributed by atoms with Gasteiger partial charge in [-0.05, 0) is 19.1 Å². The lowest BCUT2D eigenvalue weighted by Gasteiger charge is -1.98. The van der Waals surface area contributed by atoms with E-state index in [2.05, 4.69) is 20.6 Å². The molecule has 1 amide bonds. The van der Waals surface area contributed by atoms with Crippen LogP contribution in [0.25, 0.3) is 22.6 Å². The number of anilines is 1. The van der Waals surface area contributed by atoms with Gasteiger partial charge in [-0.25, -0.2) is 0 Å². The molecule has 26 heavy (non-hydrogen) atoms. The molecule has 0 spiro atoms. The van der Waals surface area contributed by atoms with Crippen LogP contribution in [0.3, 0.4) is 0 Å². The van der Waals surface area contributed by atoms with Gasteiger partial charge in [0.2, 0.25) is 0 Å². The summed E-state index contributed by atoms with van der Waals surface area (Å²) in [5.74, 6) is 0.708. The Balaban J connectivity index is 1.60. The molecule has 1 N–H and O–H groups in total. The quantitative estimate of drug-likeness (QED) is 0.601. The minimum Gasteiger partial charge on any atom is -0.493 e. The van der Waals surface area contributed by atoms with E-state index in [1.165, 1.54) is 0 Å². The molecule has 3 heterocycles. The Kier molecular flexibility index (Phi) is 3.68. The highest BCUT2D eigenvalue weighted by Gasteiger charge is 2.19. The standard InChI is InChI=1S/C17H15N5O4/c1-9-8-22(2)21-13(9)15(23)18-17-20-19-16(26-17)12-7-10-5-4-6-11(24-3)14(10)25-12/h4-8H,1-3H3,(H,18,20,23). The number of ether oxygens (including phenoxy) is 1. The average molecular weight is 353 g/mol. The molecule has 0 bridgehead atoms. The fraction of sp³-hybridized carbons (Fsp3) is 0.176. The second kappa shape index (κ2) is 6.03. The van der Waals surface area contributed by atoms with Crippen molar-refractivity contribution in [2.75, 3.05) is 12.4 Å². The number of aryl methyl sites for hydroxylation is 2. The van der Waals surface area contributed by atoms with Crippen molar-refractivity contribution in [3.63, 3.8) is 0 Å². The minimum atomic E-state index is -0.426. The van der Waals surface area contributed by atoms with Crippen LogP contribution >= 0.6 is 0 Å². The Morgan fingerprint density at radius 1 is 1.27 bits per heavy atom. The second-order valence-electron chi connectivity index (χ2n) is 5.69. The van der Waals surface area contributed by atoms with E-state index in [9.17, 15) is 4.79 Å². The summed E-state index contributed by atoms with van der Waals surface area (Å²) >= 11 is 0. The molecule has 1 aromatic carbocycles. The van der Waals surface area contributed by atoms with Gasteiger partial charge in [-0.3, -0.25) is 14.8 Å². The predicted molar refractivity (Wildman–Crippen MR) is 92.0 cm³/mol. The zero-order valence-corrected chi connectivity index (χ0v) is 14.3. The molecule has 4 rings (SSSR count). The van der Waals surface area contributed by atoms with Crippen LogP contribution in [0.2, 0.25) is 0 Å². The number of rotatable bonds is 4. The molecule has 132 valence electrons. The molecule has 0 atom stereocenters. The number of hydrogen-bond acceptors (Lipinski definition) is 7. The van der Waals surface area contributed by atoms with E-state index in [-0.39, 0.29) is 11.9 Å². The van der Waals surface area contributed by atoms with Gasteiger partial charge in [-0.15, -0.1) is 5.10 Å². The molecule has 0 fully saturated rings. The molecule has 0 saturated heterocycles. The maximum Gasteiger partial charge on any atom is 0.322 e. The first kappa shape index (κ1) is 15.9. The topological polar surface area (TPSA) is 108 Å². The van der Waals surface area contributed by atoms with E-state index in [0.717, 1.165) is 10.9 Å². The summed E-state index contributed by atoms with van der Waals surface area (Å²) in [6, 6.07) is 7.26. The van der Waals surface area contributed by atoms with Crippen LogP contribution in [0.4, 0.5) is 6.01 Å². The first-order valence-electron chi connectivity index (χ1n) is 7.77. The van der Waals surface area contributed by atoms with E-state index in [1.54, 1.807) is 44.1 Å². The summed E-state index contributed by atoms with van der Waals surface area (Å²) in [4.78, 5) is 12.3. The number of carbonyl (C=O) groups is 1. The van der Waals surface area contributed by atoms with Crippen LogP contribution in [0.1, 0.15) is 16.1 Å². The number of nitrogens with zero attached hydrogens (tertiary/aromatic N) is 4. The summed E-state index contributed by atoms with van der Waals surface area (Å²) in [6.07, 6.45) is 1.75. The molecule has 0 aliphatic carbocycles. The third-order valence-electron chi connectivity index (χ3n) is 3.81. The molecule has 0 aliphatic rings. The Hall–Kier alpha value is -3.62. The van der Waals surface area contributed by atoms with Crippen molar-refractivity contribution in [1.82, 2.24) is 20.0 Å². The normalized spacial score (nSPS) is 11.0. The van der Waals surface area contributed by atoms with Crippen molar-refractivity contribution < 1.29 is 18.4 Å². The monoisotopic (exact) mass is 353 g/mol. The number of amides is 1. The van der Waals surface area contributed by atoms with Crippen LogP contribution in [0, 0.1) is 6.92 Å². The molecular formula is C17H15N5O4. The highest BCUT2D eigenvalue weighted by Crippen LogP contribution is 2.33. The number of furan rings is 1. The third-order valence-corrected chi connectivity index (χ3v) is 3.81. The SMILES string of the molecule is COc1cccc2cc(-c3nnc(NC(=O)c4nn(C)cc4C)o3)oc12. The van der Waals surface area contributed by atoms with E-state index in [0.29, 0.717) is 22.8 Å². The van der Waals surface area contributed by atoms with Gasteiger partial charge in [0.25, 0.3) is 11.8 Å². The first-order chi connectivity index (χ1) is 12.5. The fourth-order valence-corrected chi connectivity index (χ4v) is 2.66. The van der Waals surface area contributed by atoms with Crippen LogP contribution in [-0.2, 0) is 7.05 Å². The summed E-state index contributed by atoms with van der Waals surface area (Å²) in [5, 5.41) is 15.2. The van der Waals surface area contributed by atoms with Crippen LogP contribution < -0.4 is 10.1 Å². The Morgan fingerprint density at radius 2 is 2.12 bits per heavy atom. The average Bonchev–Trinajstić information content (AvgIpc) is 3.32. The van der Waals surface area contributed by atoms with Crippen LogP contribution in [-0.4, -0.2) is 33.0 Å². The lowest BCUT2D eigenvalue weighted by Crippen LogP contribution is -2.14.